The predicted molar refractivity (Wildman–Crippen MR) is 71.9 cm³/mol. The van der Waals surface area contributed by atoms with E-state index in [2.05, 4.69) is 26.3 Å². The Kier molecular flexibility index (Phi) is 4.51. The third kappa shape index (κ3) is 4.38. The molecule has 0 unspecified atom stereocenters. The molecule has 0 fully saturated rings. The number of rotatable bonds is 2. The second-order valence-corrected chi connectivity index (χ2v) is 4.10. The topological polar surface area (TPSA) is 48.4 Å². The van der Waals surface area contributed by atoms with Gasteiger partial charge in [0.25, 0.3) is 0 Å². The van der Waals surface area contributed by atoms with Crippen LogP contribution in [0.4, 0.5) is 13.2 Å². The summed E-state index contributed by atoms with van der Waals surface area (Å²) in [6.45, 7) is 1.85. The maximum absolute atomic E-state index is 12.2. The summed E-state index contributed by atoms with van der Waals surface area (Å²) in [5.41, 5.74) is 0.240. The first-order chi connectivity index (χ1) is 10.4. The molecule has 7 heteroatoms. The lowest BCUT2D eigenvalue weighted by atomic mass is 10.1. The molecule has 1 aromatic carbocycles. The summed E-state index contributed by atoms with van der Waals surface area (Å²) in [6.07, 6.45) is -3.31. The summed E-state index contributed by atoms with van der Waals surface area (Å²) in [5.74, 6) is 3.69. The molecule has 0 aliphatic rings. The summed E-state index contributed by atoms with van der Waals surface area (Å²) in [7, 11) is 0. The average Bonchev–Trinajstić information content (AvgIpc) is 2.43. The highest BCUT2D eigenvalue weighted by Crippen LogP contribution is 2.26. The second-order valence-electron chi connectivity index (χ2n) is 4.10. The number of ether oxygens (including phenoxy) is 2. The predicted octanol–water partition coefficient (Wildman–Crippen LogP) is 3.05. The number of fused-ring (bicyclic) bond motifs is 1. The molecule has 0 amide bonds. The molecule has 2 aromatic rings. The minimum Gasteiger partial charge on any atom is -0.456 e. The van der Waals surface area contributed by atoms with Gasteiger partial charge in [0.05, 0.1) is 6.61 Å². The minimum atomic E-state index is -4.76. The molecule has 0 saturated carbocycles. The molecule has 0 aliphatic heterocycles. The van der Waals surface area contributed by atoms with Crippen LogP contribution < -0.4 is 4.74 Å². The van der Waals surface area contributed by atoms with Crippen LogP contribution in [0.3, 0.4) is 0 Å². The number of hydrogen-bond donors (Lipinski definition) is 0. The third-order valence-electron chi connectivity index (χ3n) is 2.49. The fourth-order valence-corrected chi connectivity index (χ4v) is 1.67. The molecular weight excluding hydrogens is 299 g/mol. The van der Waals surface area contributed by atoms with Crippen LogP contribution in [-0.2, 0) is 9.53 Å². The average molecular weight is 309 g/mol. The van der Waals surface area contributed by atoms with Gasteiger partial charge in [-0.15, -0.1) is 13.2 Å². The highest BCUT2D eigenvalue weighted by molar-refractivity contribution is 5.89. The van der Waals surface area contributed by atoms with E-state index in [9.17, 15) is 18.0 Å². The van der Waals surface area contributed by atoms with Crippen LogP contribution in [0.15, 0.2) is 30.5 Å². The van der Waals surface area contributed by atoms with E-state index in [1.807, 2.05) is 0 Å². The number of benzene rings is 1. The largest absolute Gasteiger partial charge is 0.573 e. The highest BCUT2D eigenvalue weighted by atomic mass is 19.4. The Hall–Kier alpha value is -2.75. The molecular formula is C15H10F3NO3. The van der Waals surface area contributed by atoms with Crippen molar-refractivity contribution in [3.8, 4) is 17.6 Å². The van der Waals surface area contributed by atoms with Gasteiger partial charge in [0, 0.05) is 17.5 Å². The molecule has 114 valence electrons. The van der Waals surface area contributed by atoms with Crippen molar-refractivity contribution in [3.63, 3.8) is 0 Å². The Bertz CT molecular complexity index is 760. The summed E-state index contributed by atoms with van der Waals surface area (Å²) < 4.78 is 45.1. The molecule has 2 rings (SSSR count). The van der Waals surface area contributed by atoms with Crippen LogP contribution in [0.2, 0.25) is 0 Å². The number of nitrogens with zero attached hydrogens (tertiary/aromatic N) is 1. The van der Waals surface area contributed by atoms with Gasteiger partial charge < -0.3 is 9.47 Å². The van der Waals surface area contributed by atoms with Gasteiger partial charge in [0.1, 0.15) is 11.4 Å². The van der Waals surface area contributed by atoms with Gasteiger partial charge in [0.2, 0.25) is 0 Å². The van der Waals surface area contributed by atoms with Crippen molar-refractivity contribution in [1.29, 1.82) is 0 Å². The number of carbonyl (C=O) groups is 1. The maximum Gasteiger partial charge on any atom is 0.573 e. The fraction of sp³-hybridized carbons (Fsp3) is 0.200. The van der Waals surface area contributed by atoms with E-state index in [4.69, 9.17) is 0 Å². The Labute approximate surface area is 123 Å². The lowest BCUT2D eigenvalue weighted by molar-refractivity contribution is -0.274. The van der Waals surface area contributed by atoms with Crippen LogP contribution in [0.5, 0.6) is 5.75 Å². The van der Waals surface area contributed by atoms with Crippen molar-refractivity contribution in [2.45, 2.75) is 13.3 Å². The Morgan fingerprint density at radius 3 is 2.73 bits per heavy atom. The summed E-state index contributed by atoms with van der Waals surface area (Å²) >= 11 is 0. The second kappa shape index (κ2) is 6.35. The number of esters is 1. The molecule has 0 aliphatic carbocycles. The van der Waals surface area contributed by atoms with Gasteiger partial charge in [-0.25, -0.2) is 9.78 Å². The van der Waals surface area contributed by atoms with E-state index < -0.39 is 12.3 Å². The molecule has 0 atom stereocenters. The normalized spacial score (nSPS) is 10.7. The number of halogens is 3. The van der Waals surface area contributed by atoms with Crippen molar-refractivity contribution in [2.24, 2.45) is 0 Å². The Balaban J connectivity index is 2.30. The van der Waals surface area contributed by atoms with E-state index in [0.717, 1.165) is 0 Å². The first-order valence-corrected chi connectivity index (χ1v) is 6.22. The lowest BCUT2D eigenvalue weighted by Gasteiger charge is -2.09. The van der Waals surface area contributed by atoms with Crippen molar-refractivity contribution in [1.82, 2.24) is 4.98 Å². The Morgan fingerprint density at radius 1 is 1.27 bits per heavy atom. The monoisotopic (exact) mass is 309 g/mol. The molecule has 1 heterocycles. The first-order valence-electron chi connectivity index (χ1n) is 6.22. The molecule has 0 radical (unpaired) electrons. The number of carbonyl (C=O) groups excluding carboxylic acids is 1. The van der Waals surface area contributed by atoms with Gasteiger partial charge in [0.15, 0.2) is 0 Å². The lowest BCUT2D eigenvalue weighted by Crippen LogP contribution is -2.16. The summed E-state index contributed by atoms with van der Waals surface area (Å²) in [6, 6.07) is 5.33. The smallest absolute Gasteiger partial charge is 0.456 e. The van der Waals surface area contributed by atoms with Gasteiger partial charge >= 0.3 is 12.3 Å². The van der Waals surface area contributed by atoms with Gasteiger partial charge in [-0.2, -0.15) is 0 Å². The van der Waals surface area contributed by atoms with E-state index in [-0.39, 0.29) is 18.1 Å². The van der Waals surface area contributed by atoms with E-state index >= 15 is 0 Å². The molecule has 0 bridgehead atoms. The number of pyridine rings is 1. The van der Waals surface area contributed by atoms with Crippen LogP contribution in [-0.4, -0.2) is 23.9 Å². The van der Waals surface area contributed by atoms with Gasteiger partial charge in [-0.05, 0) is 42.5 Å². The van der Waals surface area contributed by atoms with E-state index in [0.29, 0.717) is 10.8 Å². The van der Waals surface area contributed by atoms with Gasteiger partial charge in [-0.1, -0.05) is 0 Å². The standard InChI is InChI=1S/C15H10F3NO3/c1-2-21-14(20)6-4-12-7-11-8-13(22-15(16,17)18)5-3-10(11)9-19-12/h3,5,7-9H,2H2,1H3. The van der Waals surface area contributed by atoms with Crippen molar-refractivity contribution < 1.29 is 27.4 Å². The van der Waals surface area contributed by atoms with Crippen LogP contribution >= 0.6 is 0 Å². The van der Waals surface area contributed by atoms with Gasteiger partial charge in [-0.3, -0.25) is 0 Å². The zero-order chi connectivity index (χ0) is 16.2. The maximum atomic E-state index is 12.2. The third-order valence-corrected chi connectivity index (χ3v) is 2.49. The molecule has 0 spiro atoms. The Morgan fingerprint density at radius 2 is 2.05 bits per heavy atom. The first kappa shape index (κ1) is 15.6. The summed E-state index contributed by atoms with van der Waals surface area (Å²) in [5, 5.41) is 1.08. The SMILES string of the molecule is CCOC(=O)C#Cc1cc2cc(OC(F)(F)F)ccc2cn1. The fourth-order valence-electron chi connectivity index (χ4n) is 1.67. The molecule has 4 nitrogen and oxygen atoms in total. The van der Waals surface area contributed by atoms with Crippen LogP contribution in [0.25, 0.3) is 10.8 Å². The zero-order valence-electron chi connectivity index (χ0n) is 11.4. The van der Waals surface area contributed by atoms with Crippen molar-refractivity contribution >= 4 is 16.7 Å². The highest BCUT2D eigenvalue weighted by Gasteiger charge is 2.31. The van der Waals surface area contributed by atoms with Crippen LogP contribution in [0.1, 0.15) is 12.6 Å². The van der Waals surface area contributed by atoms with Crippen molar-refractivity contribution in [3.05, 3.63) is 36.2 Å². The minimum absolute atomic E-state index is 0.205. The zero-order valence-corrected chi connectivity index (χ0v) is 11.4. The molecule has 0 saturated heterocycles. The van der Waals surface area contributed by atoms with E-state index in [1.54, 1.807) is 6.92 Å². The van der Waals surface area contributed by atoms with E-state index in [1.165, 1.54) is 30.5 Å². The van der Waals surface area contributed by atoms with Crippen molar-refractivity contribution in [2.75, 3.05) is 6.61 Å². The quantitative estimate of drug-likeness (QED) is 0.632. The van der Waals surface area contributed by atoms with Crippen LogP contribution in [0, 0.1) is 11.8 Å². The molecule has 0 N–H and O–H groups in total. The summed E-state index contributed by atoms with van der Waals surface area (Å²) in [4.78, 5) is 15.1. The molecule has 22 heavy (non-hydrogen) atoms. The number of hydrogen-bond acceptors (Lipinski definition) is 4. The molecule has 1 aromatic heterocycles. The number of alkyl halides is 3. The number of aromatic nitrogens is 1.